The van der Waals surface area contributed by atoms with Crippen LogP contribution in [0.1, 0.15) is 0 Å². The zero-order valence-corrected chi connectivity index (χ0v) is 18.9. The zero-order chi connectivity index (χ0) is 17.3. The molecule has 0 atom stereocenters. The number of azo groups is 1. The van der Waals surface area contributed by atoms with Crippen molar-refractivity contribution in [1.82, 2.24) is 0 Å². The molecule has 9 nitrogen and oxygen atoms in total. The molecule has 2 aromatic rings. The van der Waals surface area contributed by atoms with Crippen LogP contribution < -0.4 is 64.8 Å². The van der Waals surface area contributed by atoms with E-state index < -0.39 is 30.0 Å². The molecule has 0 heterocycles. The molecule has 0 saturated heterocycles. The van der Waals surface area contributed by atoms with E-state index in [1.165, 1.54) is 24.3 Å². The molecule has 122 valence electrons. The van der Waals surface area contributed by atoms with Crippen LogP contribution in [0.3, 0.4) is 0 Å². The van der Waals surface area contributed by atoms with Gasteiger partial charge in [-0.15, -0.1) is 0 Å². The number of nitrogens with zero attached hydrogens (tertiary/aromatic N) is 2. The second kappa shape index (κ2) is 9.55. The average molecular weight is 401 g/mol. The van der Waals surface area contributed by atoms with Crippen LogP contribution in [0.2, 0.25) is 0 Å². The Labute approximate surface area is 188 Å². The number of nitrogen functional groups attached to an aromatic ring is 1. The molecular formula is C12H9N3Na2O6S2. The van der Waals surface area contributed by atoms with Gasteiger partial charge in [-0.1, -0.05) is 0 Å². The maximum Gasteiger partial charge on any atom is 1.00 e. The van der Waals surface area contributed by atoms with Crippen molar-refractivity contribution in [2.75, 3.05) is 5.73 Å². The molecular weight excluding hydrogens is 392 g/mol. The first-order valence-corrected chi connectivity index (χ1v) is 8.72. The summed E-state index contributed by atoms with van der Waals surface area (Å²) >= 11 is 0. The molecule has 2 rings (SSSR count). The predicted molar refractivity (Wildman–Crippen MR) is 77.4 cm³/mol. The summed E-state index contributed by atoms with van der Waals surface area (Å²) in [6, 6.07) is 8.14. The van der Waals surface area contributed by atoms with Gasteiger partial charge in [-0.3, -0.25) is 0 Å². The van der Waals surface area contributed by atoms with Gasteiger partial charge in [0.2, 0.25) is 0 Å². The van der Waals surface area contributed by atoms with Gasteiger partial charge in [0.05, 0.1) is 21.2 Å². The minimum absolute atomic E-state index is 0. The first kappa shape index (κ1) is 24.7. The molecule has 25 heavy (non-hydrogen) atoms. The van der Waals surface area contributed by atoms with Gasteiger partial charge in [0.25, 0.3) is 0 Å². The summed E-state index contributed by atoms with van der Waals surface area (Å²) < 4.78 is 65.4. The van der Waals surface area contributed by atoms with Crippen LogP contribution in [-0.2, 0) is 20.2 Å². The number of nitrogens with two attached hydrogens (primary N) is 1. The van der Waals surface area contributed by atoms with Crippen LogP contribution in [0.25, 0.3) is 0 Å². The largest absolute Gasteiger partial charge is 1.00 e. The quantitative estimate of drug-likeness (QED) is 0.233. The molecule has 0 unspecified atom stereocenters. The van der Waals surface area contributed by atoms with Crippen molar-refractivity contribution >= 4 is 37.3 Å². The predicted octanol–water partition coefficient (Wildman–Crippen LogP) is -4.50. The third kappa shape index (κ3) is 7.06. The molecule has 2 aromatic carbocycles. The normalized spacial score (nSPS) is 11.6. The third-order valence-corrected chi connectivity index (χ3v) is 4.41. The number of hydrogen-bond donors (Lipinski definition) is 1. The fourth-order valence-electron chi connectivity index (χ4n) is 1.60. The van der Waals surface area contributed by atoms with Gasteiger partial charge in [-0.2, -0.15) is 10.2 Å². The molecule has 0 amide bonds. The van der Waals surface area contributed by atoms with Crippen molar-refractivity contribution in [1.29, 1.82) is 0 Å². The Bertz CT molecular complexity index is 976. The minimum Gasteiger partial charge on any atom is -0.744 e. The maximum atomic E-state index is 11.0. The van der Waals surface area contributed by atoms with Gasteiger partial charge in [0.15, 0.2) is 0 Å². The van der Waals surface area contributed by atoms with Gasteiger partial charge in [-0.05, 0) is 42.5 Å². The summed E-state index contributed by atoms with van der Waals surface area (Å²) in [5.41, 5.74) is 5.48. The summed E-state index contributed by atoms with van der Waals surface area (Å²) in [5.74, 6) is 0. The Morgan fingerprint density at radius 1 is 0.760 bits per heavy atom. The van der Waals surface area contributed by atoms with Crippen LogP contribution in [-0.4, -0.2) is 25.9 Å². The molecule has 0 radical (unpaired) electrons. The second-order valence-electron chi connectivity index (χ2n) is 4.32. The van der Waals surface area contributed by atoms with Gasteiger partial charge in [0.1, 0.15) is 20.2 Å². The number of benzene rings is 2. The van der Waals surface area contributed by atoms with Crippen LogP contribution in [0.4, 0.5) is 17.1 Å². The molecule has 13 heteroatoms. The monoisotopic (exact) mass is 401 g/mol. The molecule has 0 spiro atoms. The first-order valence-electron chi connectivity index (χ1n) is 5.90. The van der Waals surface area contributed by atoms with E-state index in [-0.39, 0.29) is 76.2 Å². The summed E-state index contributed by atoms with van der Waals surface area (Å²) in [6.45, 7) is 0. The molecule has 0 saturated carbocycles. The van der Waals surface area contributed by atoms with Crippen LogP contribution in [0, 0.1) is 0 Å². The van der Waals surface area contributed by atoms with E-state index in [1.54, 1.807) is 0 Å². The van der Waals surface area contributed by atoms with Crippen LogP contribution >= 0.6 is 0 Å². The fourth-order valence-corrected chi connectivity index (χ4v) is 2.69. The van der Waals surface area contributed by atoms with Crippen molar-refractivity contribution in [3.8, 4) is 0 Å². The SMILES string of the molecule is Nc1ccc(N=Nc2ccc(S(=O)(=O)[O-])cc2)cc1S(=O)(=O)[O-].[Na+].[Na+]. The van der Waals surface area contributed by atoms with Gasteiger partial charge >= 0.3 is 59.1 Å². The van der Waals surface area contributed by atoms with Crippen LogP contribution in [0.15, 0.2) is 62.5 Å². The van der Waals surface area contributed by atoms with Crippen molar-refractivity contribution in [3.63, 3.8) is 0 Å². The summed E-state index contributed by atoms with van der Waals surface area (Å²) in [7, 11) is -9.29. The van der Waals surface area contributed by atoms with Crippen molar-refractivity contribution < 1.29 is 85.1 Å². The summed E-state index contributed by atoms with van der Waals surface area (Å²) in [6.07, 6.45) is 0. The van der Waals surface area contributed by atoms with E-state index in [9.17, 15) is 25.9 Å². The van der Waals surface area contributed by atoms with Crippen molar-refractivity contribution in [3.05, 3.63) is 42.5 Å². The molecule has 0 bridgehead atoms. The Hall–Kier alpha value is -0.340. The Morgan fingerprint density at radius 3 is 1.72 bits per heavy atom. The number of anilines is 1. The fraction of sp³-hybridized carbons (Fsp3) is 0. The average Bonchev–Trinajstić information content (AvgIpc) is 2.44. The molecule has 0 aliphatic carbocycles. The number of rotatable bonds is 4. The second-order valence-corrected chi connectivity index (χ2v) is 7.05. The number of hydrogen-bond acceptors (Lipinski definition) is 9. The van der Waals surface area contributed by atoms with Crippen molar-refractivity contribution in [2.45, 2.75) is 9.79 Å². The minimum atomic E-state index is -4.74. The molecule has 0 aromatic heterocycles. The Balaban J connectivity index is 0.00000288. The van der Waals surface area contributed by atoms with Crippen molar-refractivity contribution in [2.24, 2.45) is 10.2 Å². The summed E-state index contributed by atoms with van der Waals surface area (Å²) in [4.78, 5) is -1.02. The standard InChI is InChI=1S/C12H11N3O6S2.2Na/c13-11-6-3-9(7-12(11)23(19,20)21)15-14-8-1-4-10(5-2-8)22(16,17)18;;/h1-7H,13H2,(H,16,17,18)(H,19,20,21);;/q;2*+1/p-2. The smallest absolute Gasteiger partial charge is 0.744 e. The molecule has 0 aliphatic heterocycles. The van der Waals surface area contributed by atoms with Gasteiger partial charge < -0.3 is 14.8 Å². The van der Waals surface area contributed by atoms with Crippen LogP contribution in [0.5, 0.6) is 0 Å². The van der Waals surface area contributed by atoms with E-state index in [4.69, 9.17) is 5.73 Å². The van der Waals surface area contributed by atoms with Gasteiger partial charge in [-0.25, -0.2) is 16.8 Å². The first-order chi connectivity index (χ1) is 10.6. The third-order valence-electron chi connectivity index (χ3n) is 2.67. The van der Waals surface area contributed by atoms with E-state index in [2.05, 4.69) is 10.2 Å². The molecule has 2 N–H and O–H groups in total. The van der Waals surface area contributed by atoms with E-state index >= 15 is 0 Å². The summed E-state index contributed by atoms with van der Waals surface area (Å²) in [5, 5.41) is 7.47. The zero-order valence-electron chi connectivity index (χ0n) is 13.3. The molecule has 0 aliphatic rings. The Kier molecular flexibility index (Phi) is 9.42. The Morgan fingerprint density at radius 2 is 1.24 bits per heavy atom. The topological polar surface area (TPSA) is 165 Å². The van der Waals surface area contributed by atoms with Gasteiger partial charge in [0, 0.05) is 5.69 Å². The van der Waals surface area contributed by atoms with E-state index in [1.807, 2.05) is 0 Å². The maximum absolute atomic E-state index is 11.0. The molecule has 0 fully saturated rings. The van der Waals surface area contributed by atoms with E-state index in [0.717, 1.165) is 18.2 Å². The van der Waals surface area contributed by atoms with E-state index in [0.29, 0.717) is 0 Å².